The largest absolute Gasteiger partial charge is 0.448 e. The summed E-state index contributed by atoms with van der Waals surface area (Å²) in [4.78, 5) is 10.5. The van der Waals surface area contributed by atoms with Crippen LogP contribution in [0.4, 0.5) is 16.2 Å². The molecule has 1 amide bonds. The summed E-state index contributed by atoms with van der Waals surface area (Å²) >= 11 is 0. The van der Waals surface area contributed by atoms with Gasteiger partial charge in [-0.15, -0.1) is 0 Å². The Kier molecular flexibility index (Phi) is 5.17. The summed E-state index contributed by atoms with van der Waals surface area (Å²) in [6, 6.07) is 4.37. The number of nitrogens with zero attached hydrogens (tertiary/aromatic N) is 1. The highest BCUT2D eigenvalue weighted by molar-refractivity contribution is 7.89. The van der Waals surface area contributed by atoms with E-state index in [9.17, 15) is 13.2 Å². The Balaban J connectivity index is 2.77. The number of carbonyl (C=O) groups is 1. The molecule has 0 aliphatic carbocycles. The van der Waals surface area contributed by atoms with Gasteiger partial charge < -0.3 is 21.5 Å². The summed E-state index contributed by atoms with van der Waals surface area (Å²) in [6.45, 7) is 0.402. The molecule has 0 spiro atoms. The number of nitrogen functional groups attached to an aromatic ring is 1. The first-order chi connectivity index (χ1) is 9.25. The molecule has 0 heterocycles. The van der Waals surface area contributed by atoms with Gasteiger partial charge in [0.15, 0.2) is 0 Å². The number of amides is 1. The van der Waals surface area contributed by atoms with Crippen LogP contribution >= 0.6 is 0 Å². The molecule has 0 atom stereocenters. The van der Waals surface area contributed by atoms with Gasteiger partial charge in [-0.1, -0.05) is 0 Å². The number of hydrogen-bond donors (Lipinski definition) is 3. The number of hydrogen-bond acceptors (Lipinski definition) is 6. The lowest BCUT2D eigenvalue weighted by Crippen LogP contribution is -2.22. The molecule has 1 aromatic rings. The van der Waals surface area contributed by atoms with Crippen LogP contribution in [0.1, 0.15) is 0 Å². The Labute approximate surface area is 117 Å². The normalized spacial score (nSPS) is 11.3. The average Bonchev–Trinajstić information content (AvgIpc) is 2.35. The molecular weight excluding hydrogens is 284 g/mol. The number of carbonyl (C=O) groups excluding carboxylic acids is 1. The molecule has 0 radical (unpaired) electrons. The molecule has 0 fully saturated rings. The first-order valence-corrected chi connectivity index (χ1v) is 7.17. The summed E-state index contributed by atoms with van der Waals surface area (Å²) in [7, 11) is -0.626. The van der Waals surface area contributed by atoms with E-state index in [4.69, 9.17) is 11.5 Å². The van der Waals surface area contributed by atoms with Crippen molar-refractivity contribution >= 4 is 27.5 Å². The fraction of sp³-hybridized carbons (Fsp3) is 0.364. The standard InChI is InChI=1S/C11H18N4O4S/c1-15(2)20(17,18)8-3-4-10(9(12)7-8)14-5-6-19-11(13)16/h3-4,7,14H,5-6,12H2,1-2H3,(H2,13,16). The van der Waals surface area contributed by atoms with Crippen LogP contribution in [0.2, 0.25) is 0 Å². The van der Waals surface area contributed by atoms with Crippen molar-refractivity contribution in [3.63, 3.8) is 0 Å². The number of ether oxygens (including phenoxy) is 1. The number of anilines is 2. The summed E-state index contributed by atoms with van der Waals surface area (Å²) in [5.41, 5.74) is 11.4. The van der Waals surface area contributed by atoms with Crippen LogP contribution in [0.25, 0.3) is 0 Å². The Bertz CT molecular complexity index is 586. The number of nitrogens with one attached hydrogen (secondary N) is 1. The zero-order valence-electron chi connectivity index (χ0n) is 11.3. The highest BCUT2D eigenvalue weighted by Gasteiger charge is 2.17. The van der Waals surface area contributed by atoms with E-state index in [0.29, 0.717) is 12.2 Å². The van der Waals surface area contributed by atoms with E-state index in [1.54, 1.807) is 6.07 Å². The molecule has 0 unspecified atom stereocenters. The predicted molar refractivity (Wildman–Crippen MR) is 75.8 cm³/mol. The third-order valence-corrected chi connectivity index (χ3v) is 4.27. The SMILES string of the molecule is CN(C)S(=O)(=O)c1ccc(NCCOC(N)=O)c(N)c1. The third-order valence-electron chi connectivity index (χ3n) is 2.46. The van der Waals surface area contributed by atoms with E-state index in [-0.39, 0.29) is 17.2 Å². The van der Waals surface area contributed by atoms with E-state index in [1.807, 2.05) is 0 Å². The maximum Gasteiger partial charge on any atom is 0.404 e. The molecule has 1 rings (SSSR count). The van der Waals surface area contributed by atoms with Crippen molar-refractivity contribution in [2.45, 2.75) is 4.90 Å². The second kappa shape index (κ2) is 6.44. The second-order valence-electron chi connectivity index (χ2n) is 4.13. The smallest absolute Gasteiger partial charge is 0.404 e. The molecule has 8 nitrogen and oxygen atoms in total. The van der Waals surface area contributed by atoms with Crippen LogP contribution in [-0.4, -0.2) is 46.1 Å². The molecule has 0 saturated carbocycles. The molecule has 9 heteroatoms. The third kappa shape index (κ3) is 4.00. The minimum atomic E-state index is -3.51. The van der Waals surface area contributed by atoms with Crippen LogP contribution in [0, 0.1) is 0 Å². The van der Waals surface area contributed by atoms with Crippen LogP contribution in [0.5, 0.6) is 0 Å². The van der Waals surface area contributed by atoms with Crippen molar-refractivity contribution in [1.29, 1.82) is 0 Å². The van der Waals surface area contributed by atoms with Gasteiger partial charge in [-0.2, -0.15) is 0 Å². The Hall–Kier alpha value is -2.00. The molecule has 0 aromatic heterocycles. The minimum absolute atomic E-state index is 0.0898. The molecule has 5 N–H and O–H groups in total. The van der Waals surface area contributed by atoms with Crippen LogP contribution in [0.3, 0.4) is 0 Å². The van der Waals surface area contributed by atoms with E-state index in [2.05, 4.69) is 10.1 Å². The fourth-order valence-electron chi connectivity index (χ4n) is 1.41. The van der Waals surface area contributed by atoms with E-state index in [1.165, 1.54) is 26.2 Å². The first kappa shape index (κ1) is 16.1. The van der Waals surface area contributed by atoms with E-state index in [0.717, 1.165) is 4.31 Å². The van der Waals surface area contributed by atoms with Crippen molar-refractivity contribution in [2.24, 2.45) is 5.73 Å². The molecule has 20 heavy (non-hydrogen) atoms. The highest BCUT2D eigenvalue weighted by Crippen LogP contribution is 2.23. The predicted octanol–water partition coefficient (Wildman–Crippen LogP) is 0.0263. The van der Waals surface area contributed by atoms with Crippen LogP contribution in [-0.2, 0) is 14.8 Å². The Morgan fingerprint density at radius 1 is 1.40 bits per heavy atom. The van der Waals surface area contributed by atoms with Gasteiger partial charge in [0.2, 0.25) is 10.0 Å². The first-order valence-electron chi connectivity index (χ1n) is 5.73. The molecule has 112 valence electrons. The number of sulfonamides is 1. The maximum atomic E-state index is 11.9. The second-order valence-corrected chi connectivity index (χ2v) is 6.28. The van der Waals surface area contributed by atoms with Gasteiger partial charge in [-0.05, 0) is 18.2 Å². The lowest BCUT2D eigenvalue weighted by Gasteiger charge is -2.14. The van der Waals surface area contributed by atoms with Gasteiger partial charge in [-0.3, -0.25) is 0 Å². The lowest BCUT2D eigenvalue weighted by molar-refractivity contribution is 0.161. The van der Waals surface area contributed by atoms with E-state index >= 15 is 0 Å². The quantitative estimate of drug-likeness (QED) is 0.502. The Morgan fingerprint density at radius 3 is 2.55 bits per heavy atom. The highest BCUT2D eigenvalue weighted by atomic mass is 32.2. The van der Waals surface area contributed by atoms with Crippen molar-refractivity contribution in [3.8, 4) is 0 Å². The maximum absolute atomic E-state index is 11.9. The summed E-state index contributed by atoms with van der Waals surface area (Å²) in [6.07, 6.45) is -0.854. The molecule has 0 bridgehead atoms. The molecule has 1 aromatic carbocycles. The van der Waals surface area contributed by atoms with Gasteiger partial charge in [0, 0.05) is 20.6 Å². The zero-order valence-corrected chi connectivity index (χ0v) is 12.1. The summed E-state index contributed by atoms with van der Waals surface area (Å²) in [5.74, 6) is 0. The Morgan fingerprint density at radius 2 is 2.05 bits per heavy atom. The number of benzene rings is 1. The van der Waals surface area contributed by atoms with Gasteiger partial charge >= 0.3 is 6.09 Å². The molecule has 0 saturated heterocycles. The number of nitrogens with two attached hydrogens (primary N) is 2. The van der Waals surface area contributed by atoms with E-state index < -0.39 is 16.1 Å². The van der Waals surface area contributed by atoms with Crippen molar-refractivity contribution < 1.29 is 17.9 Å². The fourth-order valence-corrected chi connectivity index (χ4v) is 2.35. The minimum Gasteiger partial charge on any atom is -0.448 e. The molecular formula is C11H18N4O4S. The monoisotopic (exact) mass is 302 g/mol. The van der Waals surface area contributed by atoms with Crippen LogP contribution in [0.15, 0.2) is 23.1 Å². The lowest BCUT2D eigenvalue weighted by atomic mass is 10.2. The van der Waals surface area contributed by atoms with Crippen molar-refractivity contribution in [3.05, 3.63) is 18.2 Å². The topological polar surface area (TPSA) is 128 Å². The zero-order chi connectivity index (χ0) is 15.3. The van der Waals surface area contributed by atoms with Gasteiger partial charge in [0.05, 0.1) is 16.3 Å². The van der Waals surface area contributed by atoms with Gasteiger partial charge in [-0.25, -0.2) is 17.5 Å². The van der Waals surface area contributed by atoms with Gasteiger partial charge in [0.25, 0.3) is 0 Å². The number of primary amides is 1. The molecule has 0 aliphatic heterocycles. The van der Waals surface area contributed by atoms with Gasteiger partial charge in [0.1, 0.15) is 6.61 Å². The van der Waals surface area contributed by atoms with Crippen LogP contribution < -0.4 is 16.8 Å². The number of rotatable bonds is 6. The summed E-state index contributed by atoms with van der Waals surface area (Å²) in [5, 5.41) is 2.91. The average molecular weight is 302 g/mol. The van der Waals surface area contributed by atoms with Crippen molar-refractivity contribution in [2.75, 3.05) is 38.3 Å². The van der Waals surface area contributed by atoms with Crippen molar-refractivity contribution in [1.82, 2.24) is 4.31 Å². The summed E-state index contributed by atoms with van der Waals surface area (Å²) < 4.78 is 29.5. The molecule has 0 aliphatic rings.